The number of aromatic nitrogens is 2. The van der Waals surface area contributed by atoms with Gasteiger partial charge >= 0.3 is 0 Å². The molecular formula is C14H15ClN2O. The first-order chi connectivity index (χ1) is 8.60. The lowest BCUT2D eigenvalue weighted by molar-refractivity contribution is 0.338. The van der Waals surface area contributed by atoms with E-state index in [1.54, 1.807) is 0 Å². The second-order valence-corrected chi connectivity index (χ2v) is 4.41. The van der Waals surface area contributed by atoms with Crippen molar-refractivity contribution in [1.82, 2.24) is 9.97 Å². The molecule has 0 atom stereocenters. The average molecular weight is 263 g/mol. The summed E-state index contributed by atoms with van der Waals surface area (Å²) in [6.45, 7) is 6.56. The van der Waals surface area contributed by atoms with Crippen LogP contribution in [0.1, 0.15) is 18.2 Å². The third-order valence-corrected chi connectivity index (χ3v) is 2.77. The van der Waals surface area contributed by atoms with Crippen LogP contribution in [0.25, 0.3) is 11.3 Å². The van der Waals surface area contributed by atoms with Gasteiger partial charge in [-0.15, -0.1) is 0 Å². The van der Waals surface area contributed by atoms with Crippen molar-refractivity contribution in [2.24, 2.45) is 0 Å². The molecule has 0 N–H and O–H groups in total. The summed E-state index contributed by atoms with van der Waals surface area (Å²) in [6.07, 6.45) is 0. The van der Waals surface area contributed by atoms with Gasteiger partial charge in [0.15, 0.2) is 0 Å². The second-order valence-electron chi connectivity index (χ2n) is 4.08. The van der Waals surface area contributed by atoms with Crippen molar-refractivity contribution in [2.45, 2.75) is 20.8 Å². The largest absolute Gasteiger partial charge is 0.494 e. The summed E-state index contributed by atoms with van der Waals surface area (Å²) in [5.41, 5.74) is 3.79. The zero-order valence-corrected chi connectivity index (χ0v) is 11.5. The van der Waals surface area contributed by atoms with Crippen molar-refractivity contribution in [2.75, 3.05) is 6.61 Å². The standard InChI is InChI=1S/C14H15ClN2O/c1-4-18-13-6-5-11(7-9(13)2)12-8-10(3)16-14(15)17-12/h5-8H,4H2,1-3H3. The maximum atomic E-state index is 5.87. The molecule has 0 spiro atoms. The van der Waals surface area contributed by atoms with Gasteiger partial charge in [-0.05, 0) is 62.2 Å². The van der Waals surface area contributed by atoms with Crippen LogP contribution in [-0.4, -0.2) is 16.6 Å². The Labute approximate surface area is 112 Å². The predicted molar refractivity (Wildman–Crippen MR) is 73.1 cm³/mol. The fourth-order valence-corrected chi connectivity index (χ4v) is 2.03. The Bertz CT molecular complexity index is 549. The lowest BCUT2D eigenvalue weighted by Crippen LogP contribution is -1.95. The van der Waals surface area contributed by atoms with Crippen LogP contribution in [0.2, 0.25) is 5.28 Å². The molecule has 0 fully saturated rings. The van der Waals surface area contributed by atoms with Gasteiger partial charge in [0.25, 0.3) is 0 Å². The second kappa shape index (κ2) is 5.36. The quantitative estimate of drug-likeness (QED) is 0.789. The molecule has 0 unspecified atom stereocenters. The summed E-state index contributed by atoms with van der Waals surface area (Å²) < 4.78 is 5.52. The van der Waals surface area contributed by atoms with Crippen LogP contribution in [0.4, 0.5) is 0 Å². The fraction of sp³-hybridized carbons (Fsp3) is 0.286. The highest BCUT2D eigenvalue weighted by Crippen LogP contribution is 2.26. The van der Waals surface area contributed by atoms with E-state index >= 15 is 0 Å². The first-order valence-corrected chi connectivity index (χ1v) is 6.23. The summed E-state index contributed by atoms with van der Waals surface area (Å²) in [6, 6.07) is 7.90. The molecule has 2 rings (SSSR count). The number of aryl methyl sites for hydroxylation is 2. The molecule has 0 amide bonds. The van der Waals surface area contributed by atoms with Gasteiger partial charge in [0.2, 0.25) is 5.28 Å². The highest BCUT2D eigenvalue weighted by atomic mass is 35.5. The molecule has 18 heavy (non-hydrogen) atoms. The van der Waals surface area contributed by atoms with Gasteiger partial charge in [0, 0.05) is 11.3 Å². The van der Waals surface area contributed by atoms with Crippen molar-refractivity contribution < 1.29 is 4.74 Å². The normalized spacial score (nSPS) is 10.4. The minimum atomic E-state index is 0.275. The van der Waals surface area contributed by atoms with Crippen molar-refractivity contribution in [1.29, 1.82) is 0 Å². The van der Waals surface area contributed by atoms with Gasteiger partial charge in [0.1, 0.15) is 5.75 Å². The molecule has 0 radical (unpaired) electrons. The smallest absolute Gasteiger partial charge is 0.223 e. The van der Waals surface area contributed by atoms with E-state index < -0.39 is 0 Å². The lowest BCUT2D eigenvalue weighted by Gasteiger charge is -2.09. The predicted octanol–water partition coefficient (Wildman–Crippen LogP) is 3.81. The molecule has 0 aliphatic heterocycles. The van der Waals surface area contributed by atoms with Crippen LogP contribution in [0.5, 0.6) is 5.75 Å². The molecule has 2 aromatic rings. The van der Waals surface area contributed by atoms with Crippen molar-refractivity contribution >= 4 is 11.6 Å². The van der Waals surface area contributed by atoms with Crippen molar-refractivity contribution in [3.05, 3.63) is 40.8 Å². The van der Waals surface area contributed by atoms with Crippen LogP contribution >= 0.6 is 11.6 Å². The van der Waals surface area contributed by atoms with E-state index in [9.17, 15) is 0 Å². The summed E-state index contributed by atoms with van der Waals surface area (Å²) in [5.74, 6) is 0.901. The summed E-state index contributed by atoms with van der Waals surface area (Å²) in [7, 11) is 0. The van der Waals surface area contributed by atoms with Crippen LogP contribution < -0.4 is 4.74 Å². The Balaban J connectivity index is 2.42. The third kappa shape index (κ3) is 2.79. The molecule has 0 aliphatic rings. The van der Waals surface area contributed by atoms with E-state index in [1.807, 2.05) is 45.0 Å². The Hall–Kier alpha value is -1.61. The number of hydrogen-bond donors (Lipinski definition) is 0. The van der Waals surface area contributed by atoms with Crippen molar-refractivity contribution in [3.8, 4) is 17.0 Å². The molecule has 1 heterocycles. The van der Waals surface area contributed by atoms with Crippen molar-refractivity contribution in [3.63, 3.8) is 0 Å². The Morgan fingerprint density at radius 3 is 2.56 bits per heavy atom. The van der Waals surface area contributed by atoms with E-state index in [0.717, 1.165) is 28.3 Å². The zero-order valence-electron chi connectivity index (χ0n) is 10.7. The lowest BCUT2D eigenvalue weighted by atomic mass is 10.1. The fourth-order valence-electron chi connectivity index (χ4n) is 1.81. The van der Waals surface area contributed by atoms with Gasteiger partial charge in [-0.3, -0.25) is 0 Å². The van der Waals surface area contributed by atoms with Crippen LogP contribution in [0.3, 0.4) is 0 Å². The van der Waals surface area contributed by atoms with E-state index in [-0.39, 0.29) is 5.28 Å². The van der Waals surface area contributed by atoms with Crippen LogP contribution in [0, 0.1) is 13.8 Å². The van der Waals surface area contributed by atoms with Gasteiger partial charge in [-0.2, -0.15) is 0 Å². The Morgan fingerprint density at radius 1 is 1.17 bits per heavy atom. The van der Waals surface area contributed by atoms with Gasteiger partial charge in [-0.1, -0.05) is 0 Å². The van der Waals surface area contributed by atoms with Gasteiger partial charge < -0.3 is 4.74 Å². The third-order valence-electron chi connectivity index (χ3n) is 2.60. The zero-order chi connectivity index (χ0) is 13.1. The molecule has 0 bridgehead atoms. The Morgan fingerprint density at radius 2 is 1.94 bits per heavy atom. The molecular weight excluding hydrogens is 248 g/mol. The molecule has 0 saturated heterocycles. The molecule has 3 nitrogen and oxygen atoms in total. The maximum absolute atomic E-state index is 5.87. The van der Waals surface area contributed by atoms with Crippen LogP contribution in [0.15, 0.2) is 24.3 Å². The molecule has 0 aliphatic carbocycles. The number of hydrogen-bond acceptors (Lipinski definition) is 3. The number of ether oxygens (including phenoxy) is 1. The summed E-state index contributed by atoms with van der Waals surface area (Å²) in [5, 5.41) is 0.275. The molecule has 1 aromatic carbocycles. The van der Waals surface area contributed by atoms with Crippen LogP contribution in [-0.2, 0) is 0 Å². The highest BCUT2D eigenvalue weighted by molar-refractivity contribution is 6.28. The SMILES string of the molecule is CCOc1ccc(-c2cc(C)nc(Cl)n2)cc1C. The van der Waals surface area contributed by atoms with Gasteiger partial charge in [-0.25, -0.2) is 9.97 Å². The molecule has 0 saturated carbocycles. The highest BCUT2D eigenvalue weighted by Gasteiger charge is 2.06. The van der Waals surface area contributed by atoms with Gasteiger partial charge in [0.05, 0.1) is 12.3 Å². The van der Waals surface area contributed by atoms with E-state index in [1.165, 1.54) is 0 Å². The molecule has 94 valence electrons. The van der Waals surface area contributed by atoms with E-state index in [4.69, 9.17) is 16.3 Å². The monoisotopic (exact) mass is 262 g/mol. The maximum Gasteiger partial charge on any atom is 0.223 e. The number of halogens is 1. The number of rotatable bonds is 3. The van der Waals surface area contributed by atoms with E-state index in [2.05, 4.69) is 9.97 Å². The Kier molecular flexibility index (Phi) is 3.82. The number of benzene rings is 1. The average Bonchev–Trinajstić information content (AvgIpc) is 2.30. The topological polar surface area (TPSA) is 35.0 Å². The minimum Gasteiger partial charge on any atom is -0.494 e. The summed E-state index contributed by atoms with van der Waals surface area (Å²) in [4.78, 5) is 8.29. The van der Waals surface area contributed by atoms with E-state index in [0.29, 0.717) is 6.61 Å². The first-order valence-electron chi connectivity index (χ1n) is 5.85. The minimum absolute atomic E-state index is 0.275. The molecule has 4 heteroatoms. The summed E-state index contributed by atoms with van der Waals surface area (Å²) >= 11 is 5.87. The molecule has 1 aromatic heterocycles. The number of nitrogens with zero attached hydrogens (tertiary/aromatic N) is 2. The first kappa shape index (κ1) is 12.8.